The van der Waals surface area contributed by atoms with Crippen molar-refractivity contribution in [3.63, 3.8) is 0 Å². The molecule has 0 aliphatic rings. The monoisotopic (exact) mass is 306 g/mol. The Morgan fingerprint density at radius 2 is 1.61 bits per heavy atom. The summed E-state index contributed by atoms with van der Waals surface area (Å²) >= 11 is 0. The highest BCUT2D eigenvalue weighted by Crippen LogP contribution is 2.25. The van der Waals surface area contributed by atoms with Gasteiger partial charge in [0, 0.05) is 29.6 Å². The normalized spacial score (nSPS) is 11.4. The molecule has 1 aromatic heterocycles. The molecule has 1 heterocycles. The van der Waals surface area contributed by atoms with Gasteiger partial charge in [-0.3, -0.25) is 0 Å². The third-order valence-electron chi connectivity index (χ3n) is 3.34. The number of hydrogen-bond acceptors (Lipinski definition) is 6. The van der Waals surface area contributed by atoms with Crippen molar-refractivity contribution in [2.75, 3.05) is 0 Å². The van der Waals surface area contributed by atoms with Crippen LogP contribution in [0.4, 0.5) is 0 Å². The summed E-state index contributed by atoms with van der Waals surface area (Å²) in [5, 5.41) is 23.0. The summed E-state index contributed by atoms with van der Waals surface area (Å²) in [6, 6.07) is 13.9. The molecule has 0 saturated heterocycles. The molecule has 6 nitrogen and oxygen atoms in total. The number of phenols is 2. The van der Waals surface area contributed by atoms with Gasteiger partial charge in [0.2, 0.25) is 0 Å². The molecule has 0 saturated carbocycles. The minimum absolute atomic E-state index is 0.0528. The molecule has 0 amide bonds. The van der Waals surface area contributed by atoms with Crippen LogP contribution in [0.5, 0.6) is 11.5 Å². The molecule has 4 N–H and O–H groups in total. The molecule has 6 heteroatoms. The van der Waals surface area contributed by atoms with E-state index in [-0.39, 0.29) is 23.0 Å². The summed E-state index contributed by atoms with van der Waals surface area (Å²) in [6.45, 7) is 0. The zero-order valence-corrected chi connectivity index (χ0v) is 12.1. The summed E-state index contributed by atoms with van der Waals surface area (Å²) in [7, 11) is 0. The molecule has 0 aliphatic heterocycles. The Kier molecular flexibility index (Phi) is 3.88. The van der Waals surface area contributed by atoms with Gasteiger partial charge in [0.05, 0.1) is 0 Å². The van der Waals surface area contributed by atoms with Gasteiger partial charge >= 0.3 is 0 Å². The first kappa shape index (κ1) is 14.5. The van der Waals surface area contributed by atoms with Crippen LogP contribution in [0.25, 0.3) is 11.1 Å². The lowest BCUT2D eigenvalue weighted by atomic mass is 10.1. The number of hydrogen-bond donors (Lipinski definition) is 3. The Balaban J connectivity index is 1.97. The summed E-state index contributed by atoms with van der Waals surface area (Å²) in [6.07, 6.45) is 3.33. The maximum Gasteiger partial charge on any atom is 0.180 e. The van der Waals surface area contributed by atoms with E-state index in [9.17, 15) is 10.2 Å². The number of phenolic OH excluding ortho intramolecular Hbond substituents is 2. The SMILES string of the molecule is N/N=C(/c1ncc(-c2ccccc2)cn1)c1ccc(O)cc1O. The number of aromatic hydroxyl groups is 2. The Bertz CT molecular complexity index is 846. The van der Waals surface area contributed by atoms with Crippen molar-refractivity contribution in [3.05, 3.63) is 72.3 Å². The van der Waals surface area contributed by atoms with Crippen molar-refractivity contribution in [2.45, 2.75) is 0 Å². The van der Waals surface area contributed by atoms with E-state index in [0.717, 1.165) is 11.1 Å². The van der Waals surface area contributed by atoms with Crippen LogP contribution in [0, 0.1) is 0 Å². The lowest BCUT2D eigenvalue weighted by Gasteiger charge is -2.07. The summed E-state index contributed by atoms with van der Waals surface area (Å²) in [4.78, 5) is 8.54. The number of nitrogens with two attached hydrogens (primary N) is 1. The molecule has 0 unspecified atom stereocenters. The first-order valence-electron chi connectivity index (χ1n) is 6.87. The number of nitrogens with zero attached hydrogens (tertiary/aromatic N) is 3. The van der Waals surface area contributed by atoms with Crippen molar-refractivity contribution in [3.8, 4) is 22.6 Å². The fourth-order valence-corrected chi connectivity index (χ4v) is 2.20. The Hall–Kier alpha value is -3.41. The highest BCUT2D eigenvalue weighted by Gasteiger charge is 2.15. The predicted molar refractivity (Wildman–Crippen MR) is 87.1 cm³/mol. The number of rotatable bonds is 3. The molecule has 0 atom stereocenters. The van der Waals surface area contributed by atoms with E-state index in [0.29, 0.717) is 5.56 Å². The average molecular weight is 306 g/mol. The molecular formula is C17H14N4O2. The quantitative estimate of drug-likeness (QED) is 0.391. The molecule has 3 aromatic rings. The van der Waals surface area contributed by atoms with E-state index >= 15 is 0 Å². The topological polar surface area (TPSA) is 105 Å². The van der Waals surface area contributed by atoms with Gasteiger partial charge < -0.3 is 16.1 Å². The predicted octanol–water partition coefficient (Wildman–Crippen LogP) is 2.27. The van der Waals surface area contributed by atoms with Crippen molar-refractivity contribution in [1.29, 1.82) is 0 Å². The van der Waals surface area contributed by atoms with Crippen molar-refractivity contribution >= 4 is 5.71 Å². The van der Waals surface area contributed by atoms with Gasteiger partial charge in [-0.15, -0.1) is 0 Å². The summed E-state index contributed by atoms with van der Waals surface area (Å²) in [5.41, 5.74) is 2.44. The molecular weight excluding hydrogens is 292 g/mol. The summed E-state index contributed by atoms with van der Waals surface area (Å²) in [5.74, 6) is 5.51. The lowest BCUT2D eigenvalue weighted by Crippen LogP contribution is -2.11. The van der Waals surface area contributed by atoms with Gasteiger partial charge in [0.15, 0.2) is 5.82 Å². The second-order valence-corrected chi connectivity index (χ2v) is 4.84. The van der Waals surface area contributed by atoms with E-state index in [4.69, 9.17) is 5.84 Å². The molecule has 0 bridgehead atoms. The Morgan fingerprint density at radius 3 is 2.22 bits per heavy atom. The number of aromatic nitrogens is 2. The van der Waals surface area contributed by atoms with Crippen LogP contribution in [0.15, 0.2) is 66.0 Å². The molecule has 0 fully saturated rings. The highest BCUT2D eigenvalue weighted by molar-refractivity contribution is 6.12. The maximum atomic E-state index is 9.93. The van der Waals surface area contributed by atoms with Crippen molar-refractivity contribution in [1.82, 2.24) is 9.97 Å². The van der Waals surface area contributed by atoms with E-state index in [2.05, 4.69) is 15.1 Å². The number of benzene rings is 2. The number of hydrazone groups is 1. The van der Waals surface area contributed by atoms with Crippen LogP contribution in [0.2, 0.25) is 0 Å². The zero-order valence-electron chi connectivity index (χ0n) is 12.1. The van der Waals surface area contributed by atoms with Crippen LogP contribution in [0.3, 0.4) is 0 Å². The third kappa shape index (κ3) is 2.96. The van der Waals surface area contributed by atoms with Gasteiger partial charge in [-0.25, -0.2) is 9.97 Å². The fourth-order valence-electron chi connectivity index (χ4n) is 2.20. The molecule has 0 aliphatic carbocycles. The second kappa shape index (κ2) is 6.15. The minimum Gasteiger partial charge on any atom is -0.508 e. The first-order chi connectivity index (χ1) is 11.2. The minimum atomic E-state index is -0.148. The smallest absolute Gasteiger partial charge is 0.180 e. The second-order valence-electron chi connectivity index (χ2n) is 4.84. The Labute approximate surface area is 132 Å². The zero-order chi connectivity index (χ0) is 16.2. The molecule has 3 rings (SSSR count). The molecule has 23 heavy (non-hydrogen) atoms. The van der Waals surface area contributed by atoms with Gasteiger partial charge in [0.25, 0.3) is 0 Å². The standard InChI is InChI=1S/C17H14N4O2/c18-21-16(14-7-6-13(22)8-15(14)23)17-19-9-12(10-20-17)11-4-2-1-3-5-11/h1-10,22-23H,18H2/b21-16+. The van der Waals surface area contributed by atoms with Crippen LogP contribution in [-0.2, 0) is 0 Å². The van der Waals surface area contributed by atoms with Gasteiger partial charge in [0.1, 0.15) is 17.2 Å². The highest BCUT2D eigenvalue weighted by atomic mass is 16.3. The van der Waals surface area contributed by atoms with Crippen LogP contribution < -0.4 is 5.84 Å². The van der Waals surface area contributed by atoms with E-state index in [1.54, 1.807) is 12.4 Å². The Morgan fingerprint density at radius 1 is 0.913 bits per heavy atom. The van der Waals surface area contributed by atoms with Crippen molar-refractivity contribution in [2.24, 2.45) is 10.9 Å². The van der Waals surface area contributed by atoms with Crippen LogP contribution in [0.1, 0.15) is 11.4 Å². The summed E-state index contributed by atoms with van der Waals surface area (Å²) < 4.78 is 0. The van der Waals surface area contributed by atoms with Crippen LogP contribution in [-0.4, -0.2) is 25.9 Å². The van der Waals surface area contributed by atoms with Gasteiger partial charge in [-0.05, 0) is 17.7 Å². The van der Waals surface area contributed by atoms with Gasteiger partial charge in [-0.1, -0.05) is 30.3 Å². The molecule has 114 valence electrons. The van der Waals surface area contributed by atoms with E-state index in [1.807, 2.05) is 30.3 Å². The molecule has 2 aromatic carbocycles. The largest absolute Gasteiger partial charge is 0.508 e. The first-order valence-corrected chi connectivity index (χ1v) is 6.87. The third-order valence-corrected chi connectivity index (χ3v) is 3.34. The molecule has 0 radical (unpaired) electrons. The average Bonchev–Trinajstić information content (AvgIpc) is 2.59. The van der Waals surface area contributed by atoms with Crippen molar-refractivity contribution < 1.29 is 10.2 Å². The maximum absolute atomic E-state index is 9.93. The fraction of sp³-hybridized carbons (Fsp3) is 0. The molecule has 0 spiro atoms. The lowest BCUT2D eigenvalue weighted by molar-refractivity contribution is 0.450. The van der Waals surface area contributed by atoms with E-state index < -0.39 is 0 Å². The van der Waals surface area contributed by atoms with Gasteiger partial charge in [-0.2, -0.15) is 5.10 Å². The van der Waals surface area contributed by atoms with E-state index in [1.165, 1.54) is 18.2 Å². The van der Waals surface area contributed by atoms with Crippen LogP contribution >= 0.6 is 0 Å².